The van der Waals surface area contributed by atoms with Crippen molar-refractivity contribution < 1.29 is 48.0 Å². The van der Waals surface area contributed by atoms with E-state index in [1.807, 2.05) is 0 Å². The number of amides is 1. The monoisotopic (exact) mass is 566 g/mol. The van der Waals surface area contributed by atoms with Crippen molar-refractivity contribution >= 4 is 25.6 Å². The summed E-state index contributed by atoms with van der Waals surface area (Å²) >= 11 is 0. The van der Waals surface area contributed by atoms with E-state index in [1.54, 1.807) is 0 Å². The molecule has 0 aliphatic heterocycles. The molecule has 0 bridgehead atoms. The van der Waals surface area contributed by atoms with Gasteiger partial charge in [-0.1, -0.05) is 18.2 Å². The highest BCUT2D eigenvalue weighted by Crippen LogP contribution is 2.32. The molecular weight excluding hydrogens is 550 g/mol. The third-order valence-electron chi connectivity index (χ3n) is 4.88. The van der Waals surface area contributed by atoms with Crippen molar-refractivity contribution in [1.29, 1.82) is 0 Å². The molecule has 0 saturated carbocycles. The van der Waals surface area contributed by atoms with Crippen LogP contribution in [-0.2, 0) is 38.6 Å². The second-order valence-electron chi connectivity index (χ2n) is 7.68. The van der Waals surface area contributed by atoms with Gasteiger partial charge in [-0.3, -0.25) is 4.79 Å². The van der Waals surface area contributed by atoms with Crippen LogP contribution in [0.5, 0.6) is 0 Å². The second-order valence-corrected chi connectivity index (χ2v) is 11.6. The van der Waals surface area contributed by atoms with E-state index in [0.29, 0.717) is 30.5 Å². The van der Waals surface area contributed by atoms with Gasteiger partial charge in [-0.25, -0.2) is 21.8 Å². The average molecular weight is 567 g/mol. The van der Waals surface area contributed by atoms with E-state index in [0.717, 1.165) is 24.3 Å². The lowest BCUT2D eigenvalue weighted by molar-refractivity contribution is -0.141. The number of halogens is 6. The maximum absolute atomic E-state index is 13.0. The summed E-state index contributed by atoms with van der Waals surface area (Å²) in [4.78, 5) is 14.6. The predicted octanol–water partition coefficient (Wildman–Crippen LogP) is 4.29. The number of hydrogen-bond donors (Lipinski definition) is 1. The van der Waals surface area contributed by atoms with Gasteiger partial charge in [-0.15, -0.1) is 0 Å². The highest BCUT2D eigenvalue weighted by Gasteiger charge is 2.35. The number of hydrogen-bond acceptors (Lipinski definition) is 6. The van der Waals surface area contributed by atoms with Crippen molar-refractivity contribution in [3.8, 4) is 0 Å². The summed E-state index contributed by atoms with van der Waals surface area (Å²) in [7, 11) is -8.73. The molecule has 0 aliphatic rings. The third kappa shape index (κ3) is 6.46. The number of nitrogens with zero attached hydrogens (tertiary/aromatic N) is 1. The Labute approximate surface area is 207 Å². The lowest BCUT2D eigenvalue weighted by atomic mass is 10.2. The predicted molar refractivity (Wildman–Crippen MR) is 117 cm³/mol. The number of aromatic nitrogens is 1. The highest BCUT2D eigenvalue weighted by atomic mass is 32.2. The fourth-order valence-corrected chi connectivity index (χ4v) is 5.33. The van der Waals surface area contributed by atoms with E-state index in [-0.39, 0.29) is 10.5 Å². The van der Waals surface area contributed by atoms with E-state index < -0.39 is 71.2 Å². The number of carbonyl (C=O) groups is 1. The van der Waals surface area contributed by atoms with Crippen LogP contribution in [0.2, 0.25) is 0 Å². The fourth-order valence-electron chi connectivity index (χ4n) is 3.13. The van der Waals surface area contributed by atoms with Crippen molar-refractivity contribution in [1.82, 2.24) is 10.3 Å². The van der Waals surface area contributed by atoms with Gasteiger partial charge in [0.15, 0.2) is 14.9 Å². The summed E-state index contributed by atoms with van der Waals surface area (Å²) in [6, 6.07) is 9.06. The first-order valence-electron chi connectivity index (χ1n) is 9.98. The van der Waals surface area contributed by atoms with Gasteiger partial charge in [0.2, 0.25) is 9.84 Å². The SMILES string of the molecule is CS(=O)(=O)c1nc(C(F)(F)F)ccc1C(=O)NCc1cccc(S(=O)(=O)c2cccc(C(F)(F)F)c2)c1. The molecule has 2 aromatic carbocycles. The quantitative estimate of drug-likeness (QED) is 0.446. The smallest absolute Gasteiger partial charge is 0.348 e. The Hall–Kier alpha value is -3.46. The first-order valence-corrected chi connectivity index (χ1v) is 13.4. The molecule has 3 rings (SSSR count). The molecule has 0 saturated heterocycles. The van der Waals surface area contributed by atoms with Crippen LogP contribution in [0.3, 0.4) is 0 Å². The van der Waals surface area contributed by atoms with Gasteiger partial charge in [-0.05, 0) is 48.0 Å². The Morgan fingerprint density at radius 1 is 0.838 bits per heavy atom. The lowest BCUT2D eigenvalue weighted by Gasteiger charge is -2.12. The van der Waals surface area contributed by atoms with E-state index in [1.165, 1.54) is 12.1 Å². The molecular formula is C22H16F6N2O5S2. The largest absolute Gasteiger partial charge is 0.433 e. The number of sulfone groups is 2. The van der Waals surface area contributed by atoms with Gasteiger partial charge in [0.25, 0.3) is 5.91 Å². The molecule has 1 heterocycles. The summed E-state index contributed by atoms with van der Waals surface area (Å²) in [6.07, 6.45) is -9.15. The molecule has 1 amide bonds. The van der Waals surface area contributed by atoms with Gasteiger partial charge in [0.05, 0.1) is 20.9 Å². The third-order valence-corrected chi connectivity index (χ3v) is 7.64. The molecule has 198 valence electrons. The van der Waals surface area contributed by atoms with Crippen LogP contribution in [0, 0.1) is 0 Å². The Balaban J connectivity index is 1.87. The Bertz CT molecular complexity index is 1570. The molecule has 0 unspecified atom stereocenters. The maximum atomic E-state index is 13.0. The molecule has 3 aromatic rings. The minimum absolute atomic E-state index is 0.155. The summed E-state index contributed by atoms with van der Waals surface area (Å²) in [5.41, 5.74) is -3.19. The Morgan fingerprint density at radius 2 is 1.43 bits per heavy atom. The molecule has 1 N–H and O–H groups in total. The highest BCUT2D eigenvalue weighted by molar-refractivity contribution is 7.91. The number of benzene rings is 2. The van der Waals surface area contributed by atoms with Crippen LogP contribution in [0.15, 0.2) is 75.5 Å². The molecule has 0 atom stereocenters. The topological polar surface area (TPSA) is 110 Å². The minimum atomic E-state index is -4.96. The number of carbonyl (C=O) groups excluding carboxylic acids is 1. The molecule has 7 nitrogen and oxygen atoms in total. The van der Waals surface area contributed by atoms with Gasteiger partial charge < -0.3 is 5.32 Å². The van der Waals surface area contributed by atoms with E-state index in [4.69, 9.17) is 0 Å². The van der Waals surface area contributed by atoms with E-state index in [2.05, 4.69) is 10.3 Å². The van der Waals surface area contributed by atoms with E-state index in [9.17, 15) is 48.0 Å². The van der Waals surface area contributed by atoms with E-state index >= 15 is 0 Å². The molecule has 37 heavy (non-hydrogen) atoms. The zero-order valence-corrected chi connectivity index (χ0v) is 20.2. The van der Waals surface area contributed by atoms with Crippen LogP contribution < -0.4 is 5.32 Å². The first-order chi connectivity index (χ1) is 16.9. The van der Waals surface area contributed by atoms with Gasteiger partial charge in [-0.2, -0.15) is 26.3 Å². The van der Waals surface area contributed by atoms with Crippen LogP contribution in [0.25, 0.3) is 0 Å². The van der Waals surface area contributed by atoms with Crippen molar-refractivity contribution in [2.45, 2.75) is 33.7 Å². The molecule has 1 aromatic heterocycles. The Kier molecular flexibility index (Phi) is 7.43. The van der Waals surface area contributed by atoms with Crippen molar-refractivity contribution in [3.63, 3.8) is 0 Å². The minimum Gasteiger partial charge on any atom is -0.348 e. The summed E-state index contributed by atoms with van der Waals surface area (Å²) in [5.74, 6) is -1.10. The average Bonchev–Trinajstić information content (AvgIpc) is 2.80. The molecule has 0 radical (unpaired) electrons. The number of nitrogens with one attached hydrogen (secondary N) is 1. The first kappa shape index (κ1) is 28.1. The lowest BCUT2D eigenvalue weighted by Crippen LogP contribution is -2.26. The van der Waals surface area contributed by atoms with Crippen LogP contribution in [-0.4, -0.2) is 34.0 Å². The number of pyridine rings is 1. The maximum Gasteiger partial charge on any atom is 0.433 e. The standard InChI is InChI=1S/C22H16F6N2O5S2/c1-36(32,33)20-17(8-9-18(30-20)22(26,27)28)19(31)29-12-13-4-2-6-15(10-13)37(34,35)16-7-3-5-14(11-16)21(23,24)25/h2-11H,12H2,1H3,(H,29,31). The normalized spacial score (nSPS) is 12.8. The Morgan fingerprint density at radius 3 is 2.00 bits per heavy atom. The summed E-state index contributed by atoms with van der Waals surface area (Å²) in [5, 5.41) is 1.17. The van der Waals surface area contributed by atoms with Gasteiger partial charge in [0, 0.05) is 12.8 Å². The number of rotatable bonds is 6. The van der Waals surface area contributed by atoms with Crippen molar-refractivity contribution in [3.05, 3.63) is 83.0 Å². The summed E-state index contributed by atoms with van der Waals surface area (Å²) in [6.45, 7) is -0.394. The van der Waals surface area contributed by atoms with Gasteiger partial charge in [0.1, 0.15) is 5.69 Å². The molecule has 0 fully saturated rings. The van der Waals surface area contributed by atoms with Gasteiger partial charge >= 0.3 is 12.4 Å². The fraction of sp³-hybridized carbons (Fsp3) is 0.182. The summed E-state index contributed by atoms with van der Waals surface area (Å²) < 4.78 is 127. The van der Waals surface area contributed by atoms with Crippen molar-refractivity contribution in [2.24, 2.45) is 0 Å². The zero-order chi connectivity index (χ0) is 27.8. The molecule has 15 heteroatoms. The number of alkyl halides is 6. The van der Waals surface area contributed by atoms with Crippen LogP contribution in [0.4, 0.5) is 26.3 Å². The second kappa shape index (κ2) is 9.78. The van der Waals surface area contributed by atoms with Crippen LogP contribution in [0.1, 0.15) is 27.2 Å². The molecule has 0 aliphatic carbocycles. The molecule has 0 spiro atoms. The zero-order valence-electron chi connectivity index (χ0n) is 18.6. The van der Waals surface area contributed by atoms with Crippen LogP contribution >= 0.6 is 0 Å². The van der Waals surface area contributed by atoms with Crippen molar-refractivity contribution in [2.75, 3.05) is 6.26 Å².